The van der Waals surface area contributed by atoms with Crippen molar-refractivity contribution in [3.63, 3.8) is 0 Å². The zero-order valence-electron chi connectivity index (χ0n) is 10.0. The van der Waals surface area contributed by atoms with Gasteiger partial charge >= 0.3 is 0 Å². The molecule has 0 saturated carbocycles. The molecule has 0 radical (unpaired) electrons. The third-order valence-corrected chi connectivity index (χ3v) is 3.24. The Balaban J connectivity index is 2.93. The van der Waals surface area contributed by atoms with Crippen LogP contribution >= 0.6 is 0 Å². The van der Waals surface area contributed by atoms with Gasteiger partial charge in [-0.25, -0.2) is 0 Å². The topological polar surface area (TPSA) is 38.9 Å². The highest BCUT2D eigenvalue weighted by Crippen LogP contribution is 2.27. The van der Waals surface area contributed by atoms with Crippen LogP contribution in [0.2, 0.25) is 0 Å². The molecule has 15 heavy (non-hydrogen) atoms. The predicted molar refractivity (Wildman–Crippen MR) is 64.6 cm³/mol. The predicted octanol–water partition coefficient (Wildman–Crippen LogP) is 3.08. The quantitative estimate of drug-likeness (QED) is 0.804. The maximum atomic E-state index is 6.31. The molecule has 0 aliphatic carbocycles. The Morgan fingerprint density at radius 2 is 1.93 bits per heavy atom. The van der Waals surface area contributed by atoms with Crippen LogP contribution in [0.15, 0.2) is 18.5 Å². The summed E-state index contributed by atoms with van der Waals surface area (Å²) in [6.07, 6.45) is 7.08. The van der Waals surface area contributed by atoms with E-state index >= 15 is 0 Å². The minimum Gasteiger partial charge on any atom is -0.324 e. The first-order valence-electron chi connectivity index (χ1n) is 5.92. The molecule has 0 aromatic carbocycles. The molecular formula is C13H22N2. The van der Waals surface area contributed by atoms with Gasteiger partial charge in [-0.05, 0) is 29.5 Å². The standard InChI is InChI=1S/C13H22N2/c1-4-10(5-2)13(14)12-7-8-15-9-11(12)6-3/h7-10,13H,4-6,14H2,1-3H3. The van der Waals surface area contributed by atoms with E-state index in [2.05, 4.69) is 31.8 Å². The lowest BCUT2D eigenvalue weighted by Gasteiger charge is -2.23. The Hall–Kier alpha value is -0.890. The van der Waals surface area contributed by atoms with E-state index in [0.29, 0.717) is 5.92 Å². The van der Waals surface area contributed by atoms with Crippen molar-refractivity contribution < 1.29 is 0 Å². The lowest BCUT2D eigenvalue weighted by atomic mass is 9.87. The van der Waals surface area contributed by atoms with Crippen LogP contribution in [0.5, 0.6) is 0 Å². The molecule has 0 aliphatic rings. The van der Waals surface area contributed by atoms with Crippen molar-refractivity contribution in [2.24, 2.45) is 11.7 Å². The van der Waals surface area contributed by atoms with Crippen LogP contribution in [0.4, 0.5) is 0 Å². The fourth-order valence-corrected chi connectivity index (χ4v) is 2.11. The molecule has 84 valence electrons. The second-order valence-corrected chi connectivity index (χ2v) is 4.03. The van der Waals surface area contributed by atoms with Gasteiger partial charge in [0.15, 0.2) is 0 Å². The third-order valence-electron chi connectivity index (χ3n) is 3.24. The molecule has 1 unspecified atom stereocenters. The fraction of sp³-hybridized carbons (Fsp3) is 0.615. The number of nitrogens with zero attached hydrogens (tertiary/aromatic N) is 1. The molecule has 1 rings (SSSR count). The fourth-order valence-electron chi connectivity index (χ4n) is 2.11. The van der Waals surface area contributed by atoms with E-state index < -0.39 is 0 Å². The summed E-state index contributed by atoms with van der Waals surface area (Å²) in [7, 11) is 0. The first kappa shape index (κ1) is 12.2. The van der Waals surface area contributed by atoms with Gasteiger partial charge in [0.2, 0.25) is 0 Å². The molecule has 0 aliphatic heterocycles. The van der Waals surface area contributed by atoms with Gasteiger partial charge in [0.05, 0.1) is 0 Å². The molecule has 0 saturated heterocycles. The van der Waals surface area contributed by atoms with E-state index in [0.717, 1.165) is 19.3 Å². The largest absolute Gasteiger partial charge is 0.324 e. The number of hydrogen-bond donors (Lipinski definition) is 1. The van der Waals surface area contributed by atoms with Crippen LogP contribution in [-0.2, 0) is 6.42 Å². The van der Waals surface area contributed by atoms with Gasteiger partial charge in [-0.3, -0.25) is 4.98 Å². The van der Waals surface area contributed by atoms with Crippen molar-refractivity contribution in [1.29, 1.82) is 0 Å². The van der Waals surface area contributed by atoms with Gasteiger partial charge < -0.3 is 5.73 Å². The Labute approximate surface area is 92.9 Å². The first-order valence-corrected chi connectivity index (χ1v) is 5.92. The zero-order chi connectivity index (χ0) is 11.3. The van der Waals surface area contributed by atoms with Crippen LogP contribution in [0.25, 0.3) is 0 Å². The second-order valence-electron chi connectivity index (χ2n) is 4.03. The molecule has 1 aromatic rings. The molecular weight excluding hydrogens is 184 g/mol. The van der Waals surface area contributed by atoms with Crippen molar-refractivity contribution >= 4 is 0 Å². The van der Waals surface area contributed by atoms with E-state index in [9.17, 15) is 0 Å². The Morgan fingerprint density at radius 3 is 2.47 bits per heavy atom. The Bertz CT molecular complexity index is 292. The van der Waals surface area contributed by atoms with E-state index in [-0.39, 0.29) is 6.04 Å². The van der Waals surface area contributed by atoms with Crippen molar-refractivity contribution in [1.82, 2.24) is 4.98 Å². The number of aromatic nitrogens is 1. The van der Waals surface area contributed by atoms with E-state index in [1.54, 1.807) is 0 Å². The van der Waals surface area contributed by atoms with Gasteiger partial charge in [0.1, 0.15) is 0 Å². The molecule has 0 bridgehead atoms. The summed E-state index contributed by atoms with van der Waals surface area (Å²) in [6.45, 7) is 6.57. The summed E-state index contributed by atoms with van der Waals surface area (Å²) in [5.74, 6) is 0.581. The van der Waals surface area contributed by atoms with Crippen LogP contribution < -0.4 is 5.73 Å². The van der Waals surface area contributed by atoms with Gasteiger partial charge in [0.25, 0.3) is 0 Å². The molecule has 2 nitrogen and oxygen atoms in total. The summed E-state index contributed by atoms with van der Waals surface area (Å²) >= 11 is 0. The molecule has 0 amide bonds. The van der Waals surface area contributed by atoms with E-state index in [1.807, 2.05) is 12.4 Å². The van der Waals surface area contributed by atoms with Crippen molar-refractivity contribution in [2.75, 3.05) is 0 Å². The number of pyridine rings is 1. The lowest BCUT2D eigenvalue weighted by molar-refractivity contribution is 0.403. The molecule has 0 spiro atoms. The molecule has 0 fully saturated rings. The molecule has 1 atom stereocenters. The van der Waals surface area contributed by atoms with Crippen LogP contribution in [0.3, 0.4) is 0 Å². The highest BCUT2D eigenvalue weighted by molar-refractivity contribution is 5.27. The van der Waals surface area contributed by atoms with Gasteiger partial charge in [0, 0.05) is 18.4 Å². The molecule has 2 N–H and O–H groups in total. The lowest BCUT2D eigenvalue weighted by Crippen LogP contribution is -2.21. The SMILES string of the molecule is CCc1cnccc1C(N)C(CC)CC. The summed E-state index contributed by atoms with van der Waals surface area (Å²) in [4.78, 5) is 4.15. The summed E-state index contributed by atoms with van der Waals surface area (Å²) < 4.78 is 0. The Kier molecular flexibility index (Phi) is 4.76. The van der Waals surface area contributed by atoms with Crippen LogP contribution in [-0.4, -0.2) is 4.98 Å². The average molecular weight is 206 g/mol. The summed E-state index contributed by atoms with van der Waals surface area (Å²) in [5, 5.41) is 0. The van der Waals surface area contributed by atoms with Gasteiger partial charge in [-0.15, -0.1) is 0 Å². The second kappa shape index (κ2) is 5.86. The highest BCUT2D eigenvalue weighted by Gasteiger charge is 2.17. The molecule has 1 aromatic heterocycles. The smallest absolute Gasteiger partial charge is 0.0327 e. The van der Waals surface area contributed by atoms with Gasteiger partial charge in [-0.1, -0.05) is 33.6 Å². The molecule has 1 heterocycles. The Morgan fingerprint density at radius 1 is 1.27 bits per heavy atom. The van der Waals surface area contributed by atoms with E-state index in [4.69, 9.17) is 5.73 Å². The van der Waals surface area contributed by atoms with Crippen LogP contribution in [0.1, 0.15) is 50.8 Å². The number of aryl methyl sites for hydroxylation is 1. The normalized spacial score (nSPS) is 13.1. The van der Waals surface area contributed by atoms with Crippen molar-refractivity contribution in [3.05, 3.63) is 29.6 Å². The van der Waals surface area contributed by atoms with Gasteiger partial charge in [-0.2, -0.15) is 0 Å². The maximum Gasteiger partial charge on any atom is 0.0327 e. The minimum absolute atomic E-state index is 0.165. The average Bonchev–Trinajstić information content (AvgIpc) is 2.30. The maximum absolute atomic E-state index is 6.31. The molecule has 2 heteroatoms. The van der Waals surface area contributed by atoms with Crippen LogP contribution in [0, 0.1) is 5.92 Å². The van der Waals surface area contributed by atoms with Crippen molar-refractivity contribution in [3.8, 4) is 0 Å². The summed E-state index contributed by atoms with van der Waals surface area (Å²) in [6, 6.07) is 2.24. The van der Waals surface area contributed by atoms with Crippen molar-refractivity contribution in [2.45, 2.75) is 46.1 Å². The number of hydrogen-bond acceptors (Lipinski definition) is 2. The highest BCUT2D eigenvalue weighted by atomic mass is 14.7. The minimum atomic E-state index is 0.165. The number of rotatable bonds is 5. The number of nitrogens with two attached hydrogens (primary N) is 1. The third kappa shape index (κ3) is 2.78. The van der Waals surface area contributed by atoms with E-state index in [1.165, 1.54) is 11.1 Å². The monoisotopic (exact) mass is 206 g/mol. The zero-order valence-corrected chi connectivity index (χ0v) is 10.0. The summed E-state index contributed by atoms with van der Waals surface area (Å²) in [5.41, 5.74) is 8.88. The first-order chi connectivity index (χ1) is 7.24.